The standard InChI is InChI=1S/C16H18N2O5/c19-13(15(21)12-6-7-17-14(20)8-12)9-18-16(22)23-10-11-4-2-1-3-5-11/h1-8,13,15,19,21H,9-10H2,(H,17,20)(H,18,22). The predicted octanol–water partition coefficient (Wildman–Crippen LogP) is 0.696. The maximum Gasteiger partial charge on any atom is 0.407 e. The Morgan fingerprint density at radius 1 is 1.22 bits per heavy atom. The number of carbonyl (C=O) groups is 1. The minimum atomic E-state index is -1.29. The number of ether oxygens (including phenoxy) is 1. The summed E-state index contributed by atoms with van der Waals surface area (Å²) in [7, 11) is 0. The van der Waals surface area contributed by atoms with E-state index in [0.717, 1.165) is 5.56 Å². The average Bonchev–Trinajstić information content (AvgIpc) is 2.58. The Hall–Kier alpha value is -2.64. The molecule has 4 N–H and O–H groups in total. The summed E-state index contributed by atoms with van der Waals surface area (Å²) in [6.07, 6.45) is -1.88. The first-order valence-electron chi connectivity index (χ1n) is 7.05. The molecule has 1 heterocycles. The molecule has 0 aliphatic carbocycles. The Bertz CT molecular complexity index is 686. The minimum Gasteiger partial charge on any atom is -0.445 e. The Morgan fingerprint density at radius 2 is 1.96 bits per heavy atom. The summed E-state index contributed by atoms with van der Waals surface area (Å²) in [5.41, 5.74) is 0.719. The molecule has 0 aliphatic rings. The molecule has 0 saturated carbocycles. The van der Waals surface area contributed by atoms with Crippen LogP contribution in [0, 0.1) is 0 Å². The van der Waals surface area contributed by atoms with Gasteiger partial charge in [0.05, 0.1) is 0 Å². The highest BCUT2D eigenvalue weighted by Gasteiger charge is 2.19. The summed E-state index contributed by atoms with van der Waals surface area (Å²) in [6.45, 7) is -0.0963. The van der Waals surface area contributed by atoms with Crippen LogP contribution in [0.1, 0.15) is 17.2 Å². The highest BCUT2D eigenvalue weighted by molar-refractivity contribution is 5.67. The van der Waals surface area contributed by atoms with Crippen molar-refractivity contribution in [3.05, 3.63) is 70.1 Å². The molecule has 0 aliphatic heterocycles. The number of pyridine rings is 1. The molecule has 122 valence electrons. The van der Waals surface area contributed by atoms with Crippen LogP contribution in [0.4, 0.5) is 4.79 Å². The largest absolute Gasteiger partial charge is 0.445 e. The Morgan fingerprint density at radius 3 is 2.65 bits per heavy atom. The van der Waals surface area contributed by atoms with Gasteiger partial charge in [-0.15, -0.1) is 0 Å². The van der Waals surface area contributed by atoms with Crippen molar-refractivity contribution in [2.45, 2.75) is 18.8 Å². The molecule has 7 heteroatoms. The summed E-state index contributed by atoms with van der Waals surface area (Å²) in [6, 6.07) is 11.8. The van der Waals surface area contributed by atoms with Gasteiger partial charge in [-0.2, -0.15) is 0 Å². The number of aliphatic hydroxyl groups excluding tert-OH is 2. The van der Waals surface area contributed by atoms with Gasteiger partial charge in [0.25, 0.3) is 0 Å². The van der Waals surface area contributed by atoms with E-state index in [2.05, 4.69) is 10.3 Å². The molecule has 1 aromatic heterocycles. The van der Waals surface area contributed by atoms with Crippen molar-refractivity contribution in [3.63, 3.8) is 0 Å². The molecule has 0 spiro atoms. The third-order valence-electron chi connectivity index (χ3n) is 3.17. The number of H-pyrrole nitrogens is 1. The lowest BCUT2D eigenvalue weighted by molar-refractivity contribution is 0.0183. The summed E-state index contributed by atoms with van der Waals surface area (Å²) >= 11 is 0. The normalized spacial score (nSPS) is 13.1. The fourth-order valence-electron chi connectivity index (χ4n) is 1.94. The third kappa shape index (κ3) is 5.24. The smallest absolute Gasteiger partial charge is 0.407 e. The minimum absolute atomic E-state index is 0.110. The molecule has 1 amide bonds. The molecular formula is C16H18N2O5. The second kappa shape index (κ2) is 8.11. The molecular weight excluding hydrogens is 300 g/mol. The van der Waals surface area contributed by atoms with Gasteiger partial charge in [-0.1, -0.05) is 30.3 Å². The van der Waals surface area contributed by atoms with Gasteiger partial charge in [0.2, 0.25) is 5.56 Å². The molecule has 23 heavy (non-hydrogen) atoms. The van der Waals surface area contributed by atoms with Crippen LogP contribution in [0.5, 0.6) is 0 Å². The number of alkyl carbamates (subject to hydrolysis) is 1. The van der Waals surface area contributed by atoms with E-state index in [1.807, 2.05) is 30.3 Å². The van der Waals surface area contributed by atoms with Crippen LogP contribution in [0.25, 0.3) is 0 Å². The predicted molar refractivity (Wildman–Crippen MR) is 82.7 cm³/mol. The van der Waals surface area contributed by atoms with Crippen molar-refractivity contribution in [3.8, 4) is 0 Å². The van der Waals surface area contributed by atoms with E-state index >= 15 is 0 Å². The fourth-order valence-corrected chi connectivity index (χ4v) is 1.94. The number of benzene rings is 1. The van der Waals surface area contributed by atoms with Gasteiger partial charge in [-0.25, -0.2) is 4.79 Å². The van der Waals surface area contributed by atoms with E-state index in [9.17, 15) is 19.8 Å². The van der Waals surface area contributed by atoms with E-state index in [0.29, 0.717) is 0 Å². The van der Waals surface area contributed by atoms with Gasteiger partial charge >= 0.3 is 6.09 Å². The molecule has 0 bridgehead atoms. The zero-order valence-electron chi connectivity index (χ0n) is 12.3. The third-order valence-corrected chi connectivity index (χ3v) is 3.17. The molecule has 1 aromatic carbocycles. The summed E-state index contributed by atoms with van der Waals surface area (Å²) in [5.74, 6) is 0. The highest BCUT2D eigenvalue weighted by Crippen LogP contribution is 2.14. The molecule has 7 nitrogen and oxygen atoms in total. The number of amides is 1. The first-order valence-corrected chi connectivity index (χ1v) is 7.05. The quantitative estimate of drug-likeness (QED) is 0.626. The number of aromatic nitrogens is 1. The maximum absolute atomic E-state index is 11.6. The second-order valence-electron chi connectivity index (χ2n) is 4.94. The number of aliphatic hydroxyl groups is 2. The topological polar surface area (TPSA) is 112 Å². The van der Waals surface area contributed by atoms with Gasteiger partial charge < -0.3 is 25.3 Å². The van der Waals surface area contributed by atoms with E-state index < -0.39 is 18.3 Å². The van der Waals surface area contributed by atoms with Crippen LogP contribution in [0.2, 0.25) is 0 Å². The summed E-state index contributed by atoms with van der Waals surface area (Å²) in [4.78, 5) is 25.1. The van der Waals surface area contributed by atoms with Crippen molar-refractivity contribution in [1.82, 2.24) is 10.3 Å². The maximum atomic E-state index is 11.6. The Balaban J connectivity index is 1.78. The van der Waals surface area contributed by atoms with E-state index in [4.69, 9.17) is 4.74 Å². The zero-order chi connectivity index (χ0) is 16.7. The monoisotopic (exact) mass is 318 g/mol. The summed E-state index contributed by atoms with van der Waals surface area (Å²) < 4.78 is 4.99. The SMILES string of the molecule is O=C(NCC(O)C(O)c1cc[nH]c(=O)c1)OCc1ccccc1. The lowest BCUT2D eigenvalue weighted by atomic mass is 10.1. The van der Waals surface area contributed by atoms with Crippen molar-refractivity contribution < 1.29 is 19.7 Å². The molecule has 2 rings (SSSR count). The van der Waals surface area contributed by atoms with Crippen LogP contribution in [0.3, 0.4) is 0 Å². The van der Waals surface area contributed by atoms with Crippen LogP contribution in [-0.4, -0.2) is 33.9 Å². The van der Waals surface area contributed by atoms with Crippen molar-refractivity contribution in [1.29, 1.82) is 0 Å². The zero-order valence-corrected chi connectivity index (χ0v) is 12.3. The Labute approximate surface area is 132 Å². The highest BCUT2D eigenvalue weighted by atomic mass is 16.5. The first kappa shape index (κ1) is 16.7. The van der Waals surface area contributed by atoms with Gasteiger partial charge in [0, 0.05) is 18.8 Å². The molecule has 2 unspecified atom stereocenters. The van der Waals surface area contributed by atoms with Crippen LogP contribution >= 0.6 is 0 Å². The van der Waals surface area contributed by atoms with Crippen LogP contribution in [0.15, 0.2) is 53.5 Å². The van der Waals surface area contributed by atoms with E-state index in [1.54, 1.807) is 0 Å². The van der Waals surface area contributed by atoms with Crippen molar-refractivity contribution in [2.24, 2.45) is 0 Å². The Kier molecular flexibility index (Phi) is 5.90. The molecule has 2 aromatic rings. The molecule has 0 saturated heterocycles. The van der Waals surface area contributed by atoms with E-state index in [-0.39, 0.29) is 24.3 Å². The van der Waals surface area contributed by atoms with Gasteiger partial charge in [-0.3, -0.25) is 4.79 Å². The molecule has 2 atom stereocenters. The number of carbonyl (C=O) groups excluding carboxylic acids is 1. The van der Waals surface area contributed by atoms with Gasteiger partial charge in [0.15, 0.2) is 0 Å². The van der Waals surface area contributed by atoms with Crippen molar-refractivity contribution >= 4 is 6.09 Å². The second-order valence-corrected chi connectivity index (χ2v) is 4.94. The number of hydrogen-bond acceptors (Lipinski definition) is 5. The first-order chi connectivity index (χ1) is 11.1. The number of nitrogens with one attached hydrogen (secondary N) is 2. The van der Waals surface area contributed by atoms with E-state index in [1.165, 1.54) is 18.3 Å². The lowest BCUT2D eigenvalue weighted by Crippen LogP contribution is -2.36. The van der Waals surface area contributed by atoms with Gasteiger partial charge in [0.1, 0.15) is 18.8 Å². The number of hydrogen-bond donors (Lipinski definition) is 4. The number of aromatic amines is 1. The molecule has 0 fully saturated rings. The average molecular weight is 318 g/mol. The fraction of sp³-hybridized carbons (Fsp3) is 0.250. The van der Waals surface area contributed by atoms with Crippen LogP contribution in [-0.2, 0) is 11.3 Å². The van der Waals surface area contributed by atoms with Gasteiger partial charge in [-0.05, 0) is 17.2 Å². The van der Waals surface area contributed by atoms with Crippen molar-refractivity contribution in [2.75, 3.05) is 6.54 Å². The summed E-state index contributed by atoms with van der Waals surface area (Å²) in [5, 5.41) is 22.2. The molecule has 0 radical (unpaired) electrons. The lowest BCUT2D eigenvalue weighted by Gasteiger charge is -2.18. The number of rotatable bonds is 6. The van der Waals surface area contributed by atoms with Crippen LogP contribution < -0.4 is 10.9 Å².